The van der Waals surface area contributed by atoms with Crippen LogP contribution in [0.4, 0.5) is 10.1 Å². The van der Waals surface area contributed by atoms with Crippen molar-refractivity contribution >= 4 is 21.6 Å². The summed E-state index contributed by atoms with van der Waals surface area (Å²) in [5.74, 6) is -0.225. The van der Waals surface area contributed by atoms with Gasteiger partial charge in [0.1, 0.15) is 5.82 Å². The molecule has 0 aliphatic heterocycles. The van der Waals surface area contributed by atoms with Gasteiger partial charge >= 0.3 is 0 Å². The van der Waals surface area contributed by atoms with E-state index in [4.69, 9.17) is 0 Å². The van der Waals surface area contributed by atoms with Crippen LogP contribution < -0.4 is 5.32 Å². The Morgan fingerprint density at radius 3 is 2.83 bits per heavy atom. The molecular weight excluding hydrogens is 221 g/mol. The fourth-order valence-corrected chi connectivity index (χ4v) is 1.25. The Morgan fingerprint density at radius 1 is 1.50 bits per heavy atom. The van der Waals surface area contributed by atoms with E-state index in [9.17, 15) is 4.39 Å². The van der Waals surface area contributed by atoms with E-state index in [0.29, 0.717) is 4.47 Å². The van der Waals surface area contributed by atoms with Crippen LogP contribution in [0.5, 0.6) is 0 Å². The quantitative estimate of drug-likeness (QED) is 0.841. The Balaban J connectivity index is 2.69. The molecule has 1 aromatic rings. The third-order valence-corrected chi connectivity index (χ3v) is 2.11. The van der Waals surface area contributed by atoms with E-state index in [1.165, 1.54) is 6.07 Å². The van der Waals surface area contributed by atoms with Gasteiger partial charge in [-0.05, 0) is 40.5 Å². The van der Waals surface area contributed by atoms with Gasteiger partial charge in [0.25, 0.3) is 0 Å². The summed E-state index contributed by atoms with van der Waals surface area (Å²) in [5.41, 5.74) is 0.949. The SMILES string of the molecule is CCCNc1ccc(F)c(Br)c1. The van der Waals surface area contributed by atoms with Crippen LogP contribution in [0.2, 0.25) is 0 Å². The van der Waals surface area contributed by atoms with Crippen LogP contribution in [0.15, 0.2) is 22.7 Å². The summed E-state index contributed by atoms with van der Waals surface area (Å²) < 4.78 is 13.2. The van der Waals surface area contributed by atoms with Crippen LogP contribution in [0.1, 0.15) is 13.3 Å². The first-order valence-electron chi connectivity index (χ1n) is 3.93. The second kappa shape index (κ2) is 4.45. The molecule has 0 radical (unpaired) electrons. The predicted molar refractivity (Wildman–Crippen MR) is 52.9 cm³/mol. The van der Waals surface area contributed by atoms with Crippen LogP contribution in [-0.4, -0.2) is 6.54 Å². The molecule has 0 aromatic heterocycles. The fraction of sp³-hybridized carbons (Fsp3) is 0.333. The zero-order chi connectivity index (χ0) is 8.97. The van der Waals surface area contributed by atoms with Gasteiger partial charge in [-0.1, -0.05) is 6.92 Å². The summed E-state index contributed by atoms with van der Waals surface area (Å²) in [7, 11) is 0. The Labute approximate surface area is 80.1 Å². The first-order valence-corrected chi connectivity index (χ1v) is 4.72. The molecule has 0 amide bonds. The smallest absolute Gasteiger partial charge is 0.137 e. The van der Waals surface area contributed by atoms with Crippen molar-refractivity contribution in [1.82, 2.24) is 0 Å². The van der Waals surface area contributed by atoms with Crippen LogP contribution in [-0.2, 0) is 0 Å². The highest BCUT2D eigenvalue weighted by Crippen LogP contribution is 2.19. The largest absolute Gasteiger partial charge is 0.385 e. The third kappa shape index (κ3) is 2.48. The average Bonchev–Trinajstić information content (AvgIpc) is 2.07. The average molecular weight is 232 g/mol. The number of anilines is 1. The maximum Gasteiger partial charge on any atom is 0.137 e. The molecule has 0 unspecified atom stereocenters. The summed E-state index contributed by atoms with van der Waals surface area (Å²) in [5, 5.41) is 3.17. The van der Waals surface area contributed by atoms with Gasteiger partial charge in [0.2, 0.25) is 0 Å². The van der Waals surface area contributed by atoms with Crippen molar-refractivity contribution in [2.75, 3.05) is 11.9 Å². The lowest BCUT2D eigenvalue weighted by Crippen LogP contribution is -1.99. The first kappa shape index (κ1) is 9.52. The zero-order valence-corrected chi connectivity index (χ0v) is 8.49. The van der Waals surface area contributed by atoms with Gasteiger partial charge in [0.15, 0.2) is 0 Å². The molecule has 0 fully saturated rings. The van der Waals surface area contributed by atoms with Crippen molar-refractivity contribution < 1.29 is 4.39 Å². The number of benzene rings is 1. The van der Waals surface area contributed by atoms with E-state index < -0.39 is 0 Å². The lowest BCUT2D eigenvalue weighted by molar-refractivity contribution is 0.621. The molecule has 0 bridgehead atoms. The Hall–Kier alpha value is -0.570. The van der Waals surface area contributed by atoms with Crippen LogP contribution >= 0.6 is 15.9 Å². The van der Waals surface area contributed by atoms with Gasteiger partial charge in [-0.15, -0.1) is 0 Å². The van der Waals surface area contributed by atoms with Gasteiger partial charge in [0, 0.05) is 12.2 Å². The topological polar surface area (TPSA) is 12.0 Å². The second-order valence-corrected chi connectivity index (χ2v) is 3.41. The lowest BCUT2D eigenvalue weighted by Gasteiger charge is -2.04. The minimum atomic E-state index is -0.225. The van der Waals surface area contributed by atoms with E-state index in [1.807, 2.05) is 0 Å². The number of hydrogen-bond donors (Lipinski definition) is 1. The molecule has 1 N–H and O–H groups in total. The Kier molecular flexibility index (Phi) is 3.53. The summed E-state index contributed by atoms with van der Waals surface area (Å²) in [6.45, 7) is 3.00. The van der Waals surface area contributed by atoms with E-state index in [0.717, 1.165) is 18.7 Å². The summed E-state index contributed by atoms with van der Waals surface area (Å²) in [6, 6.07) is 4.92. The maximum atomic E-state index is 12.7. The number of nitrogens with one attached hydrogen (secondary N) is 1. The van der Waals surface area contributed by atoms with Crippen molar-refractivity contribution in [2.24, 2.45) is 0 Å². The third-order valence-electron chi connectivity index (χ3n) is 1.50. The van der Waals surface area contributed by atoms with Crippen molar-refractivity contribution in [2.45, 2.75) is 13.3 Å². The molecule has 12 heavy (non-hydrogen) atoms. The summed E-state index contributed by atoms with van der Waals surface area (Å²) in [4.78, 5) is 0. The first-order chi connectivity index (χ1) is 5.74. The molecule has 66 valence electrons. The molecule has 1 rings (SSSR count). The number of hydrogen-bond acceptors (Lipinski definition) is 1. The lowest BCUT2D eigenvalue weighted by atomic mass is 10.3. The highest BCUT2D eigenvalue weighted by molar-refractivity contribution is 9.10. The minimum Gasteiger partial charge on any atom is -0.385 e. The van der Waals surface area contributed by atoms with Crippen molar-refractivity contribution in [3.8, 4) is 0 Å². The Bertz CT molecular complexity index is 263. The Morgan fingerprint density at radius 2 is 2.25 bits per heavy atom. The molecule has 0 saturated carbocycles. The van der Waals surface area contributed by atoms with Crippen molar-refractivity contribution in [3.63, 3.8) is 0 Å². The van der Waals surface area contributed by atoms with Crippen molar-refractivity contribution in [1.29, 1.82) is 0 Å². The molecule has 0 heterocycles. The van der Waals surface area contributed by atoms with E-state index in [-0.39, 0.29) is 5.82 Å². The number of halogens is 2. The monoisotopic (exact) mass is 231 g/mol. The second-order valence-electron chi connectivity index (χ2n) is 2.56. The molecule has 0 aliphatic rings. The molecular formula is C9H11BrFN. The van der Waals surface area contributed by atoms with Gasteiger partial charge in [-0.3, -0.25) is 0 Å². The van der Waals surface area contributed by atoms with Gasteiger partial charge in [-0.25, -0.2) is 4.39 Å². The zero-order valence-electron chi connectivity index (χ0n) is 6.90. The standard InChI is InChI=1S/C9H11BrFN/c1-2-5-12-7-3-4-9(11)8(10)6-7/h3-4,6,12H,2,5H2,1H3. The van der Waals surface area contributed by atoms with Crippen LogP contribution in [0.3, 0.4) is 0 Å². The summed E-state index contributed by atoms with van der Waals surface area (Å²) >= 11 is 3.12. The summed E-state index contributed by atoms with van der Waals surface area (Å²) in [6.07, 6.45) is 1.06. The van der Waals surface area contributed by atoms with Crippen LogP contribution in [0, 0.1) is 5.82 Å². The van der Waals surface area contributed by atoms with Gasteiger partial charge < -0.3 is 5.32 Å². The normalized spacial score (nSPS) is 9.92. The van der Waals surface area contributed by atoms with Gasteiger partial charge in [-0.2, -0.15) is 0 Å². The van der Waals surface area contributed by atoms with Gasteiger partial charge in [0.05, 0.1) is 4.47 Å². The molecule has 0 spiro atoms. The highest BCUT2D eigenvalue weighted by atomic mass is 79.9. The maximum absolute atomic E-state index is 12.7. The number of rotatable bonds is 3. The fourth-order valence-electron chi connectivity index (χ4n) is 0.875. The van der Waals surface area contributed by atoms with Crippen molar-refractivity contribution in [3.05, 3.63) is 28.5 Å². The highest BCUT2D eigenvalue weighted by Gasteiger charge is 1.98. The van der Waals surface area contributed by atoms with Crippen LogP contribution in [0.25, 0.3) is 0 Å². The predicted octanol–water partition coefficient (Wildman–Crippen LogP) is 3.41. The molecule has 0 saturated heterocycles. The molecule has 1 aromatic carbocycles. The minimum absolute atomic E-state index is 0.225. The van der Waals surface area contributed by atoms with E-state index >= 15 is 0 Å². The molecule has 0 atom stereocenters. The molecule has 0 aliphatic carbocycles. The van der Waals surface area contributed by atoms with E-state index in [2.05, 4.69) is 28.2 Å². The van der Waals surface area contributed by atoms with E-state index in [1.54, 1.807) is 12.1 Å². The molecule has 1 nitrogen and oxygen atoms in total. The molecule has 3 heteroatoms.